The van der Waals surface area contributed by atoms with Crippen LogP contribution in [0.4, 0.5) is 15.8 Å². The van der Waals surface area contributed by atoms with Gasteiger partial charge < -0.3 is 10.2 Å². The molecule has 1 saturated heterocycles. The quantitative estimate of drug-likeness (QED) is 0.498. The van der Waals surface area contributed by atoms with Crippen molar-refractivity contribution in [3.05, 3.63) is 93.7 Å². The molecule has 3 aromatic rings. The summed E-state index contributed by atoms with van der Waals surface area (Å²) >= 11 is 12.6. The fourth-order valence-electron chi connectivity index (χ4n) is 4.64. The average molecular weight is 484 g/mol. The molecule has 3 aromatic carbocycles. The van der Waals surface area contributed by atoms with Crippen molar-refractivity contribution >= 4 is 46.4 Å². The number of piperidine rings is 1. The van der Waals surface area contributed by atoms with E-state index in [0.717, 1.165) is 5.69 Å². The zero-order valence-corrected chi connectivity index (χ0v) is 19.0. The summed E-state index contributed by atoms with van der Waals surface area (Å²) < 4.78 is 13.8. The zero-order chi connectivity index (χ0) is 23.2. The molecule has 2 heterocycles. The van der Waals surface area contributed by atoms with Crippen molar-refractivity contribution in [3.8, 4) is 0 Å². The minimum atomic E-state index is -0.815. The number of carbonyl (C=O) groups excluding carboxylic acids is 2. The van der Waals surface area contributed by atoms with Crippen LogP contribution in [0.15, 0.2) is 66.7 Å². The summed E-state index contributed by atoms with van der Waals surface area (Å²) in [6, 6.07) is 18.2. The number of para-hydroxylation sites is 1. The van der Waals surface area contributed by atoms with Crippen LogP contribution in [-0.4, -0.2) is 35.5 Å². The number of likely N-dealkylation sites (tertiary alicyclic amines) is 1. The van der Waals surface area contributed by atoms with Crippen LogP contribution in [0.1, 0.15) is 33.6 Å². The maximum absolute atomic E-state index is 13.8. The first-order chi connectivity index (χ1) is 15.9. The summed E-state index contributed by atoms with van der Waals surface area (Å²) in [5, 5.41) is 4.09. The molecule has 2 aliphatic heterocycles. The number of hydrogen-bond acceptors (Lipinski definition) is 3. The van der Waals surface area contributed by atoms with E-state index in [2.05, 4.69) is 5.32 Å². The predicted molar refractivity (Wildman–Crippen MR) is 128 cm³/mol. The Balaban J connectivity index is 1.51. The van der Waals surface area contributed by atoms with Crippen LogP contribution in [0.25, 0.3) is 0 Å². The molecule has 0 aliphatic carbocycles. The van der Waals surface area contributed by atoms with Crippen molar-refractivity contribution in [2.45, 2.75) is 18.5 Å². The van der Waals surface area contributed by atoms with Crippen LogP contribution < -0.4 is 10.2 Å². The van der Waals surface area contributed by atoms with Crippen LogP contribution in [0.3, 0.4) is 0 Å². The Hall–Kier alpha value is -3.09. The molecule has 0 radical (unpaired) electrons. The second-order valence-corrected chi connectivity index (χ2v) is 9.02. The third-order valence-electron chi connectivity index (χ3n) is 6.29. The van der Waals surface area contributed by atoms with Gasteiger partial charge in [-0.3, -0.25) is 14.5 Å². The first-order valence-corrected chi connectivity index (χ1v) is 11.4. The van der Waals surface area contributed by atoms with E-state index in [0.29, 0.717) is 47.8 Å². The molecule has 0 atom stereocenters. The van der Waals surface area contributed by atoms with Gasteiger partial charge in [0.15, 0.2) is 0 Å². The van der Waals surface area contributed by atoms with Gasteiger partial charge in [-0.05, 0) is 42.5 Å². The Bertz CT molecular complexity index is 1260. The third kappa shape index (κ3) is 3.73. The molecule has 5 rings (SSSR count). The van der Waals surface area contributed by atoms with Gasteiger partial charge in [-0.1, -0.05) is 47.5 Å². The van der Waals surface area contributed by atoms with Gasteiger partial charge >= 0.3 is 0 Å². The van der Waals surface area contributed by atoms with Crippen molar-refractivity contribution in [3.63, 3.8) is 0 Å². The first-order valence-electron chi connectivity index (χ1n) is 10.6. The summed E-state index contributed by atoms with van der Waals surface area (Å²) in [6.45, 7) is 0.809. The highest BCUT2D eigenvalue weighted by atomic mass is 35.5. The number of nitrogens with one attached hydrogen (secondary N) is 1. The molecule has 2 amide bonds. The van der Waals surface area contributed by atoms with E-state index in [4.69, 9.17) is 23.2 Å². The SMILES string of the molecule is O=C(c1ccccc1Cl)N1CCC2(CC1)Nc1ccccc1C(=O)N2c1ccc(F)cc1Cl. The molecule has 1 N–H and O–H groups in total. The summed E-state index contributed by atoms with van der Waals surface area (Å²) in [7, 11) is 0. The molecule has 5 nitrogen and oxygen atoms in total. The van der Waals surface area contributed by atoms with Gasteiger partial charge in [-0.2, -0.15) is 0 Å². The molecular formula is C25H20Cl2FN3O2. The molecule has 0 aromatic heterocycles. The van der Waals surface area contributed by atoms with E-state index in [1.165, 1.54) is 18.2 Å². The highest BCUT2D eigenvalue weighted by Crippen LogP contribution is 2.43. The lowest BCUT2D eigenvalue weighted by Crippen LogP contribution is -2.65. The monoisotopic (exact) mass is 483 g/mol. The van der Waals surface area contributed by atoms with Crippen molar-refractivity contribution < 1.29 is 14.0 Å². The van der Waals surface area contributed by atoms with Crippen molar-refractivity contribution in [2.75, 3.05) is 23.3 Å². The van der Waals surface area contributed by atoms with Gasteiger partial charge in [0.05, 0.1) is 26.9 Å². The van der Waals surface area contributed by atoms with Crippen LogP contribution in [0.5, 0.6) is 0 Å². The van der Waals surface area contributed by atoms with Crippen LogP contribution in [-0.2, 0) is 0 Å². The zero-order valence-electron chi connectivity index (χ0n) is 17.5. The molecule has 0 unspecified atom stereocenters. The van der Waals surface area contributed by atoms with Crippen molar-refractivity contribution in [1.29, 1.82) is 0 Å². The standard InChI is InChI=1S/C25H20Cl2FN3O2/c26-19-7-3-1-5-17(19)23(32)30-13-11-25(12-14-30)29-21-8-4-2-6-18(21)24(33)31(25)22-10-9-16(28)15-20(22)27/h1-10,15,29H,11-14H2. The molecular weight excluding hydrogens is 464 g/mol. The van der Waals surface area contributed by atoms with E-state index in [-0.39, 0.29) is 16.8 Å². The molecule has 33 heavy (non-hydrogen) atoms. The average Bonchev–Trinajstić information content (AvgIpc) is 2.81. The van der Waals surface area contributed by atoms with Gasteiger partial charge in [0.1, 0.15) is 11.5 Å². The lowest BCUT2D eigenvalue weighted by atomic mass is 9.89. The van der Waals surface area contributed by atoms with Gasteiger partial charge in [-0.15, -0.1) is 0 Å². The Morgan fingerprint density at radius 2 is 1.64 bits per heavy atom. The summed E-state index contributed by atoms with van der Waals surface area (Å²) in [5.41, 5.74) is 1.30. The number of hydrogen-bond donors (Lipinski definition) is 1. The molecule has 0 saturated carbocycles. The Labute approximate surface area is 200 Å². The maximum atomic E-state index is 13.8. The lowest BCUT2D eigenvalue weighted by molar-refractivity contribution is 0.0668. The van der Waals surface area contributed by atoms with Gasteiger partial charge in [0.25, 0.3) is 11.8 Å². The Morgan fingerprint density at radius 3 is 2.36 bits per heavy atom. The molecule has 1 fully saturated rings. The number of amides is 2. The van der Waals surface area contributed by atoms with Crippen molar-refractivity contribution in [2.24, 2.45) is 0 Å². The normalized spacial score (nSPS) is 17.0. The first kappa shape index (κ1) is 21.7. The van der Waals surface area contributed by atoms with E-state index < -0.39 is 11.5 Å². The number of fused-ring (bicyclic) bond motifs is 1. The number of rotatable bonds is 2. The second-order valence-electron chi connectivity index (χ2n) is 8.21. The fraction of sp³-hybridized carbons (Fsp3) is 0.200. The highest BCUT2D eigenvalue weighted by molar-refractivity contribution is 6.34. The molecule has 8 heteroatoms. The minimum Gasteiger partial charge on any atom is -0.362 e. The largest absolute Gasteiger partial charge is 0.362 e. The molecule has 0 bridgehead atoms. The van der Waals surface area contributed by atoms with Crippen LogP contribution >= 0.6 is 23.2 Å². The molecule has 168 valence electrons. The molecule has 2 aliphatic rings. The van der Waals surface area contributed by atoms with Gasteiger partial charge in [-0.25, -0.2) is 4.39 Å². The summed E-state index contributed by atoms with van der Waals surface area (Å²) in [5.74, 6) is -0.844. The van der Waals surface area contributed by atoms with E-state index in [9.17, 15) is 14.0 Å². The third-order valence-corrected chi connectivity index (χ3v) is 6.92. The van der Waals surface area contributed by atoms with E-state index >= 15 is 0 Å². The predicted octanol–water partition coefficient (Wildman–Crippen LogP) is 5.84. The number of anilines is 2. The maximum Gasteiger partial charge on any atom is 0.262 e. The number of benzene rings is 3. The fourth-order valence-corrected chi connectivity index (χ4v) is 5.10. The summed E-state index contributed by atoms with van der Waals surface area (Å²) in [6.07, 6.45) is 0.911. The second kappa shape index (κ2) is 8.36. The smallest absolute Gasteiger partial charge is 0.262 e. The molecule has 1 spiro atoms. The van der Waals surface area contributed by atoms with E-state index in [1.807, 2.05) is 12.1 Å². The number of halogens is 3. The topological polar surface area (TPSA) is 52.7 Å². The van der Waals surface area contributed by atoms with Gasteiger partial charge in [0.2, 0.25) is 0 Å². The van der Waals surface area contributed by atoms with Crippen LogP contribution in [0.2, 0.25) is 10.0 Å². The lowest BCUT2D eigenvalue weighted by Gasteiger charge is -2.52. The van der Waals surface area contributed by atoms with Gasteiger partial charge in [0, 0.05) is 31.6 Å². The van der Waals surface area contributed by atoms with Crippen molar-refractivity contribution in [1.82, 2.24) is 4.90 Å². The number of carbonyl (C=O) groups is 2. The van der Waals surface area contributed by atoms with Crippen LogP contribution in [0, 0.1) is 5.82 Å². The summed E-state index contributed by atoms with van der Waals surface area (Å²) in [4.78, 5) is 30.1. The highest BCUT2D eigenvalue weighted by Gasteiger charge is 2.48. The minimum absolute atomic E-state index is 0.149. The Kier molecular flexibility index (Phi) is 5.51. The number of nitrogens with zero attached hydrogens (tertiary/aromatic N) is 2. The Morgan fingerprint density at radius 1 is 0.939 bits per heavy atom. The van der Waals surface area contributed by atoms with E-state index in [1.54, 1.807) is 46.2 Å².